The van der Waals surface area contributed by atoms with E-state index >= 15 is 0 Å². The molecular formula is C15H16N2O3. The van der Waals surface area contributed by atoms with Crippen molar-refractivity contribution in [1.82, 2.24) is 9.55 Å². The molecule has 0 aliphatic heterocycles. The number of rotatable bonds is 5. The van der Waals surface area contributed by atoms with Gasteiger partial charge >= 0.3 is 11.7 Å². The first kappa shape index (κ1) is 12.7. The molecule has 2 aromatic rings. The first-order valence-corrected chi connectivity index (χ1v) is 6.73. The summed E-state index contributed by atoms with van der Waals surface area (Å²) in [6.07, 6.45) is 5.66. The van der Waals surface area contributed by atoms with E-state index in [1.54, 1.807) is 12.4 Å². The van der Waals surface area contributed by atoms with Crippen molar-refractivity contribution in [3.8, 4) is 5.69 Å². The highest BCUT2D eigenvalue weighted by molar-refractivity contribution is 5.68. The SMILES string of the molecule is O=C(O)CC(c1ccc(-n2cc[nH]c2=O)cc1)C1CC1. The number of aromatic nitrogens is 2. The molecule has 1 aromatic heterocycles. The molecular weight excluding hydrogens is 256 g/mol. The van der Waals surface area contributed by atoms with E-state index < -0.39 is 5.97 Å². The van der Waals surface area contributed by atoms with Crippen molar-refractivity contribution < 1.29 is 9.90 Å². The topological polar surface area (TPSA) is 75.1 Å². The summed E-state index contributed by atoms with van der Waals surface area (Å²) in [6, 6.07) is 7.59. The van der Waals surface area contributed by atoms with Crippen LogP contribution >= 0.6 is 0 Å². The molecule has 5 heteroatoms. The monoisotopic (exact) mass is 272 g/mol. The van der Waals surface area contributed by atoms with Crippen molar-refractivity contribution in [2.45, 2.75) is 25.2 Å². The Morgan fingerprint density at radius 3 is 2.55 bits per heavy atom. The molecule has 104 valence electrons. The Kier molecular flexibility index (Phi) is 3.18. The van der Waals surface area contributed by atoms with E-state index in [-0.39, 0.29) is 18.0 Å². The van der Waals surface area contributed by atoms with Crippen molar-refractivity contribution in [1.29, 1.82) is 0 Å². The molecule has 1 aliphatic rings. The molecule has 3 rings (SSSR count). The van der Waals surface area contributed by atoms with Crippen LogP contribution in [0.25, 0.3) is 5.69 Å². The van der Waals surface area contributed by atoms with Crippen molar-refractivity contribution in [3.63, 3.8) is 0 Å². The van der Waals surface area contributed by atoms with Crippen LogP contribution < -0.4 is 5.69 Å². The maximum atomic E-state index is 11.5. The third kappa shape index (κ3) is 2.52. The molecule has 1 fully saturated rings. The highest BCUT2D eigenvalue weighted by atomic mass is 16.4. The summed E-state index contributed by atoms with van der Waals surface area (Å²) in [6.45, 7) is 0. The van der Waals surface area contributed by atoms with Crippen LogP contribution in [0.1, 0.15) is 30.7 Å². The normalized spacial score (nSPS) is 16.0. The van der Waals surface area contributed by atoms with Gasteiger partial charge in [0, 0.05) is 12.4 Å². The second-order valence-corrected chi connectivity index (χ2v) is 5.27. The van der Waals surface area contributed by atoms with Gasteiger partial charge in [0.1, 0.15) is 0 Å². The lowest BCUT2D eigenvalue weighted by molar-refractivity contribution is -0.137. The standard InChI is InChI=1S/C15H16N2O3/c18-14(19)9-13(10-1-2-10)11-3-5-12(6-4-11)17-8-7-16-15(17)20/h3-8,10,13H,1-2,9H2,(H,16,20)(H,18,19). The number of carboxylic acids is 1. The van der Waals surface area contributed by atoms with Crippen molar-refractivity contribution in [3.05, 3.63) is 52.7 Å². The number of aliphatic carboxylic acids is 1. The van der Waals surface area contributed by atoms with E-state index in [0.29, 0.717) is 5.92 Å². The van der Waals surface area contributed by atoms with Crippen LogP contribution in [0.15, 0.2) is 41.5 Å². The van der Waals surface area contributed by atoms with E-state index in [0.717, 1.165) is 24.1 Å². The molecule has 0 bridgehead atoms. The van der Waals surface area contributed by atoms with Gasteiger partial charge in [-0.1, -0.05) is 12.1 Å². The molecule has 20 heavy (non-hydrogen) atoms. The molecule has 0 saturated heterocycles. The quantitative estimate of drug-likeness (QED) is 0.875. The Labute approximate surface area is 115 Å². The van der Waals surface area contributed by atoms with Crippen LogP contribution in [0.3, 0.4) is 0 Å². The fourth-order valence-corrected chi connectivity index (χ4v) is 2.65. The molecule has 5 nitrogen and oxygen atoms in total. The molecule has 1 aliphatic carbocycles. The second kappa shape index (κ2) is 5.00. The number of benzene rings is 1. The number of imidazole rings is 1. The predicted molar refractivity (Wildman–Crippen MR) is 74.1 cm³/mol. The summed E-state index contributed by atoms with van der Waals surface area (Å²) in [4.78, 5) is 25.1. The Bertz CT molecular complexity index is 665. The van der Waals surface area contributed by atoms with Crippen molar-refractivity contribution >= 4 is 5.97 Å². The Balaban J connectivity index is 1.86. The fourth-order valence-electron chi connectivity index (χ4n) is 2.65. The number of H-pyrrole nitrogens is 1. The van der Waals surface area contributed by atoms with Crippen LogP contribution in [0.2, 0.25) is 0 Å². The van der Waals surface area contributed by atoms with E-state index in [4.69, 9.17) is 5.11 Å². The van der Waals surface area contributed by atoms with E-state index in [1.165, 1.54) is 4.57 Å². The molecule has 1 unspecified atom stereocenters. The van der Waals surface area contributed by atoms with Gasteiger partial charge in [-0.3, -0.25) is 9.36 Å². The maximum absolute atomic E-state index is 11.5. The maximum Gasteiger partial charge on any atom is 0.330 e. The average molecular weight is 272 g/mol. The highest BCUT2D eigenvalue weighted by Crippen LogP contribution is 2.44. The lowest BCUT2D eigenvalue weighted by Gasteiger charge is -2.15. The second-order valence-electron chi connectivity index (χ2n) is 5.27. The van der Waals surface area contributed by atoms with E-state index in [1.807, 2.05) is 24.3 Å². The third-order valence-electron chi connectivity index (χ3n) is 3.83. The number of nitrogens with zero attached hydrogens (tertiary/aromatic N) is 1. The molecule has 1 aromatic carbocycles. The number of carbonyl (C=O) groups is 1. The molecule has 0 amide bonds. The van der Waals surface area contributed by atoms with Gasteiger partial charge < -0.3 is 10.1 Å². The molecule has 2 N–H and O–H groups in total. The number of hydrogen-bond acceptors (Lipinski definition) is 2. The summed E-state index contributed by atoms with van der Waals surface area (Å²) >= 11 is 0. The predicted octanol–water partition coefficient (Wildman–Crippen LogP) is 2.13. The molecule has 1 heterocycles. The average Bonchev–Trinajstić information content (AvgIpc) is 3.18. The van der Waals surface area contributed by atoms with Crippen LogP contribution in [0.5, 0.6) is 0 Å². The largest absolute Gasteiger partial charge is 0.481 e. The van der Waals surface area contributed by atoms with Gasteiger partial charge in [-0.2, -0.15) is 0 Å². The summed E-state index contributed by atoms with van der Waals surface area (Å²) < 4.78 is 1.52. The summed E-state index contributed by atoms with van der Waals surface area (Å²) in [5.41, 5.74) is 1.65. The zero-order valence-corrected chi connectivity index (χ0v) is 11.0. The van der Waals surface area contributed by atoms with E-state index in [9.17, 15) is 9.59 Å². The van der Waals surface area contributed by atoms with Gasteiger partial charge in [-0.25, -0.2) is 4.79 Å². The summed E-state index contributed by atoms with van der Waals surface area (Å²) in [5.74, 6) is -0.177. The Morgan fingerprint density at radius 1 is 1.35 bits per heavy atom. The van der Waals surface area contributed by atoms with Gasteiger partial charge in [0.25, 0.3) is 0 Å². The molecule has 1 atom stereocenters. The molecule has 0 spiro atoms. The first-order chi connectivity index (χ1) is 9.65. The van der Waals surface area contributed by atoms with Crippen LogP contribution in [-0.2, 0) is 4.79 Å². The van der Waals surface area contributed by atoms with E-state index in [2.05, 4.69) is 4.98 Å². The number of carboxylic acid groups (broad SMARTS) is 1. The van der Waals surface area contributed by atoms with Gasteiger partial charge in [0.2, 0.25) is 0 Å². The lowest BCUT2D eigenvalue weighted by Crippen LogP contribution is -2.14. The van der Waals surface area contributed by atoms with Gasteiger partial charge in [-0.05, 0) is 42.4 Å². The Morgan fingerprint density at radius 2 is 2.05 bits per heavy atom. The number of hydrogen-bond donors (Lipinski definition) is 2. The van der Waals surface area contributed by atoms with Gasteiger partial charge in [-0.15, -0.1) is 0 Å². The first-order valence-electron chi connectivity index (χ1n) is 6.73. The highest BCUT2D eigenvalue weighted by Gasteiger charge is 2.33. The zero-order chi connectivity index (χ0) is 14.1. The van der Waals surface area contributed by atoms with Crippen LogP contribution in [0, 0.1) is 5.92 Å². The number of nitrogens with one attached hydrogen (secondary N) is 1. The molecule has 0 radical (unpaired) electrons. The third-order valence-corrected chi connectivity index (χ3v) is 3.83. The Hall–Kier alpha value is -2.30. The van der Waals surface area contributed by atoms with Crippen molar-refractivity contribution in [2.75, 3.05) is 0 Å². The minimum Gasteiger partial charge on any atom is -0.481 e. The number of aromatic amines is 1. The van der Waals surface area contributed by atoms with Crippen LogP contribution in [-0.4, -0.2) is 20.6 Å². The fraction of sp³-hybridized carbons (Fsp3) is 0.333. The minimum atomic E-state index is -0.757. The summed E-state index contributed by atoms with van der Waals surface area (Å²) in [7, 11) is 0. The zero-order valence-electron chi connectivity index (χ0n) is 11.0. The minimum absolute atomic E-state index is 0.0875. The smallest absolute Gasteiger partial charge is 0.330 e. The lowest BCUT2D eigenvalue weighted by atomic mass is 9.91. The molecule has 1 saturated carbocycles. The summed E-state index contributed by atoms with van der Waals surface area (Å²) in [5, 5.41) is 9.01. The van der Waals surface area contributed by atoms with Crippen LogP contribution in [0.4, 0.5) is 0 Å². The van der Waals surface area contributed by atoms with Gasteiger partial charge in [0.15, 0.2) is 0 Å². The van der Waals surface area contributed by atoms with Gasteiger partial charge in [0.05, 0.1) is 12.1 Å². The van der Waals surface area contributed by atoms with Crippen molar-refractivity contribution in [2.24, 2.45) is 5.92 Å².